The van der Waals surface area contributed by atoms with Crippen LogP contribution in [0, 0.1) is 11.6 Å². The average molecular weight is 376 g/mol. The zero-order valence-corrected chi connectivity index (χ0v) is 14.3. The van der Waals surface area contributed by atoms with E-state index in [0.717, 1.165) is 36.6 Å². The fourth-order valence-corrected chi connectivity index (χ4v) is 3.79. The highest BCUT2D eigenvalue weighted by atomic mass is 32.2. The van der Waals surface area contributed by atoms with Gasteiger partial charge in [-0.2, -0.15) is 0 Å². The normalized spacial score (nSPS) is 14.4. The zero-order valence-electron chi connectivity index (χ0n) is 13.4. The molecule has 4 rings (SSSR count). The van der Waals surface area contributed by atoms with Crippen LogP contribution in [0.5, 0.6) is 0 Å². The van der Waals surface area contributed by atoms with Gasteiger partial charge in [-0.25, -0.2) is 22.2 Å². The summed E-state index contributed by atoms with van der Waals surface area (Å²) in [5, 5.41) is 0. The van der Waals surface area contributed by atoms with Crippen LogP contribution in [0.25, 0.3) is 11.3 Å². The molecule has 1 aromatic heterocycles. The van der Waals surface area contributed by atoms with E-state index < -0.39 is 26.6 Å². The Balaban J connectivity index is 1.57. The number of benzene rings is 2. The molecule has 0 atom stereocenters. The van der Waals surface area contributed by atoms with Gasteiger partial charge in [0.15, 0.2) is 16.5 Å². The number of sulfonamides is 1. The van der Waals surface area contributed by atoms with Gasteiger partial charge in [0.2, 0.25) is 0 Å². The number of nitrogens with zero attached hydrogens (tertiary/aromatic N) is 1. The number of hydrogen-bond donors (Lipinski definition) is 1. The molecule has 1 heterocycles. The summed E-state index contributed by atoms with van der Waals surface area (Å²) in [7, 11) is -4.39. The van der Waals surface area contributed by atoms with Gasteiger partial charge in [0.05, 0.1) is 6.20 Å². The largest absolute Gasteiger partial charge is 0.440 e. The van der Waals surface area contributed by atoms with Crippen LogP contribution in [0.2, 0.25) is 0 Å². The third-order valence-electron chi connectivity index (χ3n) is 4.06. The van der Waals surface area contributed by atoms with Gasteiger partial charge in [-0.15, -0.1) is 0 Å². The van der Waals surface area contributed by atoms with Crippen LogP contribution in [0.4, 0.5) is 14.5 Å². The minimum atomic E-state index is -4.39. The van der Waals surface area contributed by atoms with E-state index >= 15 is 0 Å². The number of halogens is 2. The first-order valence-electron chi connectivity index (χ1n) is 7.97. The highest BCUT2D eigenvalue weighted by Gasteiger charge is 2.28. The molecule has 0 saturated heterocycles. The van der Waals surface area contributed by atoms with Gasteiger partial charge >= 0.3 is 0 Å². The molecule has 8 heteroatoms. The van der Waals surface area contributed by atoms with Crippen molar-refractivity contribution in [3.05, 3.63) is 66.2 Å². The molecule has 1 saturated carbocycles. The summed E-state index contributed by atoms with van der Waals surface area (Å²) in [4.78, 5) is 3.23. The van der Waals surface area contributed by atoms with E-state index in [4.69, 9.17) is 4.42 Å². The minimum Gasteiger partial charge on any atom is -0.440 e. The number of hydrogen-bond acceptors (Lipinski definition) is 4. The molecule has 134 valence electrons. The van der Waals surface area contributed by atoms with Crippen molar-refractivity contribution in [2.45, 2.75) is 23.7 Å². The molecule has 1 N–H and O–H groups in total. The molecule has 2 aromatic carbocycles. The molecule has 1 fully saturated rings. The lowest BCUT2D eigenvalue weighted by Crippen LogP contribution is -2.16. The lowest BCUT2D eigenvalue weighted by molar-refractivity contribution is 0.509. The standard InChI is InChI=1S/C18H14F2N2O3S/c19-14-2-1-3-15(20)17(14)26(23,24)22-13-8-6-11(7-9-13)16-10-21-18(25-16)12-4-5-12/h1-3,6-10,12,22H,4-5H2. The number of oxazole rings is 1. The summed E-state index contributed by atoms with van der Waals surface area (Å²) in [5.41, 5.74) is 0.905. The van der Waals surface area contributed by atoms with Gasteiger partial charge in [0.1, 0.15) is 11.6 Å². The summed E-state index contributed by atoms with van der Waals surface area (Å²) < 4.78 is 59.8. The van der Waals surface area contributed by atoms with Crippen LogP contribution in [-0.2, 0) is 10.0 Å². The van der Waals surface area contributed by atoms with Gasteiger partial charge in [-0.05, 0) is 49.2 Å². The van der Waals surface area contributed by atoms with Crippen molar-refractivity contribution in [1.29, 1.82) is 0 Å². The molecular weight excluding hydrogens is 362 g/mol. The summed E-state index contributed by atoms with van der Waals surface area (Å²) in [5.74, 6) is -0.612. The summed E-state index contributed by atoms with van der Waals surface area (Å²) in [6.45, 7) is 0. The van der Waals surface area contributed by atoms with E-state index in [9.17, 15) is 17.2 Å². The van der Waals surface area contributed by atoms with Crippen LogP contribution < -0.4 is 4.72 Å². The van der Waals surface area contributed by atoms with Crippen LogP contribution >= 0.6 is 0 Å². The number of nitrogens with one attached hydrogen (secondary N) is 1. The monoisotopic (exact) mass is 376 g/mol. The number of rotatable bonds is 5. The smallest absolute Gasteiger partial charge is 0.267 e. The van der Waals surface area contributed by atoms with Crippen molar-refractivity contribution in [3.63, 3.8) is 0 Å². The maximum absolute atomic E-state index is 13.7. The van der Waals surface area contributed by atoms with Crippen molar-refractivity contribution in [1.82, 2.24) is 4.98 Å². The van der Waals surface area contributed by atoms with E-state index in [2.05, 4.69) is 9.71 Å². The lowest BCUT2D eigenvalue weighted by Gasteiger charge is -2.10. The third-order valence-corrected chi connectivity index (χ3v) is 5.49. The fraction of sp³-hybridized carbons (Fsp3) is 0.167. The Morgan fingerprint density at radius 2 is 1.69 bits per heavy atom. The molecule has 1 aliphatic carbocycles. The number of anilines is 1. The SMILES string of the molecule is O=S(=O)(Nc1ccc(-c2cnc(C3CC3)o2)cc1)c1c(F)cccc1F. The molecule has 0 bridgehead atoms. The highest BCUT2D eigenvalue weighted by molar-refractivity contribution is 7.92. The molecule has 0 amide bonds. The van der Waals surface area contributed by atoms with E-state index in [-0.39, 0.29) is 5.69 Å². The third kappa shape index (κ3) is 3.20. The van der Waals surface area contributed by atoms with Gasteiger partial charge in [0.25, 0.3) is 10.0 Å². The molecule has 3 aromatic rings. The molecule has 0 unspecified atom stereocenters. The van der Waals surface area contributed by atoms with E-state index in [1.54, 1.807) is 18.3 Å². The van der Waals surface area contributed by atoms with Gasteiger partial charge in [-0.1, -0.05) is 6.07 Å². The quantitative estimate of drug-likeness (QED) is 0.721. The molecular formula is C18H14F2N2O3S. The Morgan fingerprint density at radius 3 is 2.31 bits per heavy atom. The number of aromatic nitrogens is 1. The second-order valence-electron chi connectivity index (χ2n) is 6.07. The van der Waals surface area contributed by atoms with Crippen molar-refractivity contribution >= 4 is 15.7 Å². The maximum Gasteiger partial charge on any atom is 0.267 e. The Morgan fingerprint density at radius 1 is 1.04 bits per heavy atom. The van der Waals surface area contributed by atoms with Gasteiger partial charge < -0.3 is 4.42 Å². The zero-order chi connectivity index (χ0) is 18.3. The fourth-order valence-electron chi connectivity index (χ4n) is 2.59. The van der Waals surface area contributed by atoms with Gasteiger partial charge in [-0.3, -0.25) is 4.72 Å². The molecule has 26 heavy (non-hydrogen) atoms. The summed E-state index contributed by atoms with van der Waals surface area (Å²) >= 11 is 0. The van der Waals surface area contributed by atoms with Crippen LogP contribution in [0.1, 0.15) is 24.7 Å². The molecule has 5 nitrogen and oxygen atoms in total. The van der Waals surface area contributed by atoms with E-state index in [1.807, 2.05) is 0 Å². The summed E-state index contributed by atoms with van der Waals surface area (Å²) in [6, 6.07) is 9.16. The van der Waals surface area contributed by atoms with E-state index in [1.165, 1.54) is 12.1 Å². The highest BCUT2D eigenvalue weighted by Crippen LogP contribution is 2.40. The van der Waals surface area contributed by atoms with Crippen molar-refractivity contribution in [3.8, 4) is 11.3 Å². The predicted molar refractivity (Wildman–Crippen MR) is 91.1 cm³/mol. The first-order valence-corrected chi connectivity index (χ1v) is 9.45. The van der Waals surface area contributed by atoms with Crippen LogP contribution in [0.3, 0.4) is 0 Å². The van der Waals surface area contributed by atoms with Crippen molar-refractivity contribution in [2.75, 3.05) is 4.72 Å². The first kappa shape index (κ1) is 16.7. The lowest BCUT2D eigenvalue weighted by atomic mass is 10.2. The topological polar surface area (TPSA) is 72.2 Å². The summed E-state index contributed by atoms with van der Waals surface area (Å²) in [6.07, 6.45) is 3.78. The molecule has 0 aliphatic heterocycles. The van der Waals surface area contributed by atoms with Crippen molar-refractivity contribution < 1.29 is 21.6 Å². The Kier molecular flexibility index (Phi) is 3.99. The maximum atomic E-state index is 13.7. The van der Waals surface area contributed by atoms with Crippen LogP contribution in [-0.4, -0.2) is 13.4 Å². The Labute approximate surface area is 148 Å². The second-order valence-corrected chi connectivity index (χ2v) is 7.69. The minimum absolute atomic E-state index is 0.179. The second kappa shape index (κ2) is 6.21. The molecule has 0 radical (unpaired) electrons. The van der Waals surface area contributed by atoms with Gasteiger partial charge in [0, 0.05) is 17.2 Å². The van der Waals surface area contributed by atoms with Crippen LogP contribution in [0.15, 0.2) is 58.0 Å². The average Bonchev–Trinajstić information content (AvgIpc) is 3.32. The molecule has 0 spiro atoms. The molecule has 1 aliphatic rings. The van der Waals surface area contributed by atoms with E-state index in [0.29, 0.717) is 17.6 Å². The first-order chi connectivity index (χ1) is 12.4. The Bertz CT molecular complexity index is 1040. The predicted octanol–water partition coefficient (Wildman–Crippen LogP) is 4.30. The Hall–Kier alpha value is -2.74. The van der Waals surface area contributed by atoms with Crippen molar-refractivity contribution in [2.24, 2.45) is 0 Å².